The van der Waals surface area contributed by atoms with E-state index in [0.717, 1.165) is 13.0 Å². The first-order chi connectivity index (χ1) is 10.8. The Morgan fingerprint density at radius 1 is 1.30 bits per heavy atom. The molecule has 2 rings (SSSR count). The SMILES string of the molecule is CN(C)C[C@H]1CCN(S(=O)(=O)c2ccc(OCC(F)F)cc2)C1. The highest BCUT2D eigenvalue weighted by Gasteiger charge is 2.32. The van der Waals surface area contributed by atoms with Crippen LogP contribution in [0, 0.1) is 5.92 Å². The van der Waals surface area contributed by atoms with Crippen LogP contribution in [-0.2, 0) is 10.0 Å². The first-order valence-corrected chi connectivity index (χ1v) is 8.89. The summed E-state index contributed by atoms with van der Waals surface area (Å²) >= 11 is 0. The molecular formula is C15H22F2N2O3S. The maximum absolute atomic E-state index is 12.6. The summed E-state index contributed by atoms with van der Waals surface area (Å²) in [6.07, 6.45) is -1.72. The van der Waals surface area contributed by atoms with Crippen LogP contribution in [0.5, 0.6) is 5.75 Å². The van der Waals surface area contributed by atoms with E-state index >= 15 is 0 Å². The molecule has 1 aromatic carbocycles. The third-order valence-corrected chi connectivity index (χ3v) is 5.59. The first-order valence-electron chi connectivity index (χ1n) is 7.45. The second-order valence-corrected chi connectivity index (χ2v) is 7.89. The molecular weight excluding hydrogens is 326 g/mol. The van der Waals surface area contributed by atoms with Crippen molar-refractivity contribution in [1.29, 1.82) is 0 Å². The van der Waals surface area contributed by atoms with Gasteiger partial charge in [-0.2, -0.15) is 4.31 Å². The number of hydrogen-bond donors (Lipinski definition) is 0. The molecule has 0 radical (unpaired) electrons. The van der Waals surface area contributed by atoms with E-state index in [-0.39, 0.29) is 10.6 Å². The summed E-state index contributed by atoms with van der Waals surface area (Å²) in [6.45, 7) is 1.16. The normalized spacial score (nSPS) is 19.7. The molecule has 1 aliphatic heterocycles. The molecule has 0 bridgehead atoms. The van der Waals surface area contributed by atoms with Crippen molar-refractivity contribution in [2.75, 3.05) is 40.3 Å². The van der Waals surface area contributed by atoms with E-state index < -0.39 is 23.1 Å². The molecule has 130 valence electrons. The zero-order chi connectivity index (χ0) is 17.0. The number of rotatable bonds is 7. The lowest BCUT2D eigenvalue weighted by Gasteiger charge is -2.18. The van der Waals surface area contributed by atoms with Crippen molar-refractivity contribution in [3.63, 3.8) is 0 Å². The molecule has 0 aliphatic carbocycles. The molecule has 0 aromatic heterocycles. The highest BCUT2D eigenvalue weighted by Crippen LogP contribution is 2.26. The fraction of sp³-hybridized carbons (Fsp3) is 0.600. The number of halogens is 2. The van der Waals surface area contributed by atoms with E-state index in [4.69, 9.17) is 4.74 Å². The van der Waals surface area contributed by atoms with E-state index in [2.05, 4.69) is 4.90 Å². The van der Waals surface area contributed by atoms with Gasteiger partial charge in [-0.15, -0.1) is 0 Å². The quantitative estimate of drug-likeness (QED) is 0.755. The van der Waals surface area contributed by atoms with Gasteiger partial charge in [0.2, 0.25) is 10.0 Å². The predicted molar refractivity (Wildman–Crippen MR) is 83.4 cm³/mol. The molecule has 5 nitrogen and oxygen atoms in total. The van der Waals surface area contributed by atoms with Crippen molar-refractivity contribution in [3.05, 3.63) is 24.3 Å². The summed E-state index contributed by atoms with van der Waals surface area (Å²) in [5, 5.41) is 0. The average molecular weight is 348 g/mol. The number of benzene rings is 1. The molecule has 1 saturated heterocycles. The lowest BCUT2D eigenvalue weighted by molar-refractivity contribution is 0.0819. The van der Waals surface area contributed by atoms with Gasteiger partial charge in [-0.05, 0) is 50.7 Å². The minimum absolute atomic E-state index is 0.160. The second kappa shape index (κ2) is 7.55. The summed E-state index contributed by atoms with van der Waals surface area (Å²) < 4.78 is 55.7. The van der Waals surface area contributed by atoms with E-state index in [0.29, 0.717) is 19.0 Å². The van der Waals surface area contributed by atoms with Crippen LogP contribution in [0.15, 0.2) is 29.2 Å². The Balaban J connectivity index is 2.02. The summed E-state index contributed by atoms with van der Waals surface area (Å²) in [5.74, 6) is 0.560. The van der Waals surface area contributed by atoms with E-state index in [1.54, 1.807) is 0 Å². The summed E-state index contributed by atoms with van der Waals surface area (Å²) in [7, 11) is 0.391. The number of alkyl halides is 2. The molecule has 1 fully saturated rings. The molecule has 1 aromatic rings. The third kappa shape index (κ3) is 4.86. The predicted octanol–water partition coefficient (Wildman–Crippen LogP) is 1.90. The number of sulfonamides is 1. The monoisotopic (exact) mass is 348 g/mol. The van der Waals surface area contributed by atoms with Crippen molar-refractivity contribution < 1.29 is 21.9 Å². The molecule has 0 saturated carbocycles. The third-order valence-electron chi connectivity index (χ3n) is 3.71. The Morgan fingerprint density at radius 2 is 1.96 bits per heavy atom. The van der Waals surface area contributed by atoms with Crippen LogP contribution in [0.3, 0.4) is 0 Å². The minimum atomic E-state index is -3.54. The van der Waals surface area contributed by atoms with Gasteiger partial charge in [-0.3, -0.25) is 0 Å². The average Bonchev–Trinajstić information content (AvgIpc) is 2.94. The lowest BCUT2D eigenvalue weighted by Crippen LogP contribution is -2.30. The zero-order valence-electron chi connectivity index (χ0n) is 13.3. The molecule has 0 spiro atoms. The Kier molecular flexibility index (Phi) is 5.94. The molecule has 0 amide bonds. The van der Waals surface area contributed by atoms with Crippen molar-refractivity contribution >= 4 is 10.0 Å². The van der Waals surface area contributed by atoms with Crippen molar-refractivity contribution in [1.82, 2.24) is 9.21 Å². The van der Waals surface area contributed by atoms with Crippen LogP contribution in [0.2, 0.25) is 0 Å². The van der Waals surface area contributed by atoms with Gasteiger partial charge in [-0.25, -0.2) is 17.2 Å². The van der Waals surface area contributed by atoms with Gasteiger partial charge >= 0.3 is 0 Å². The first kappa shape index (κ1) is 18.1. The van der Waals surface area contributed by atoms with Gasteiger partial charge in [-0.1, -0.05) is 0 Å². The molecule has 8 heteroatoms. The van der Waals surface area contributed by atoms with Crippen LogP contribution < -0.4 is 4.74 Å². The Morgan fingerprint density at radius 3 is 2.52 bits per heavy atom. The number of nitrogens with zero attached hydrogens (tertiary/aromatic N) is 2. The molecule has 1 atom stereocenters. The number of hydrogen-bond acceptors (Lipinski definition) is 4. The Labute approximate surface area is 135 Å². The zero-order valence-corrected chi connectivity index (χ0v) is 14.1. The van der Waals surface area contributed by atoms with Gasteiger partial charge in [0, 0.05) is 19.6 Å². The van der Waals surface area contributed by atoms with Crippen molar-refractivity contribution in [2.45, 2.75) is 17.7 Å². The molecule has 1 heterocycles. The fourth-order valence-electron chi connectivity index (χ4n) is 2.70. The maximum Gasteiger partial charge on any atom is 0.272 e. The standard InChI is InChI=1S/C15H22F2N2O3S/c1-18(2)9-12-7-8-19(10-12)23(20,21)14-5-3-13(4-6-14)22-11-15(16)17/h3-6,12,15H,7-11H2,1-2H3/t12-/m1/s1. The van der Waals surface area contributed by atoms with Crippen LogP contribution in [0.1, 0.15) is 6.42 Å². The number of ether oxygens (including phenoxy) is 1. The van der Waals surface area contributed by atoms with Gasteiger partial charge < -0.3 is 9.64 Å². The fourth-order valence-corrected chi connectivity index (χ4v) is 4.23. The van der Waals surface area contributed by atoms with Crippen LogP contribution in [0.4, 0.5) is 8.78 Å². The van der Waals surface area contributed by atoms with E-state index in [9.17, 15) is 17.2 Å². The highest BCUT2D eigenvalue weighted by atomic mass is 32.2. The Bertz CT molecular complexity index is 606. The largest absolute Gasteiger partial charge is 0.488 e. The molecule has 1 aliphatic rings. The van der Waals surface area contributed by atoms with Crippen LogP contribution in [0.25, 0.3) is 0 Å². The maximum atomic E-state index is 12.6. The van der Waals surface area contributed by atoms with Gasteiger partial charge in [0.1, 0.15) is 12.4 Å². The highest BCUT2D eigenvalue weighted by molar-refractivity contribution is 7.89. The molecule has 0 N–H and O–H groups in total. The minimum Gasteiger partial charge on any atom is -0.488 e. The topological polar surface area (TPSA) is 49.9 Å². The van der Waals surface area contributed by atoms with E-state index in [1.807, 2.05) is 14.1 Å². The summed E-state index contributed by atoms with van der Waals surface area (Å²) in [5.41, 5.74) is 0. The summed E-state index contributed by atoms with van der Waals surface area (Å²) in [4.78, 5) is 2.21. The van der Waals surface area contributed by atoms with Gasteiger partial charge in [0.15, 0.2) is 0 Å². The van der Waals surface area contributed by atoms with Crippen molar-refractivity contribution in [3.8, 4) is 5.75 Å². The van der Waals surface area contributed by atoms with Crippen LogP contribution in [-0.4, -0.2) is 64.4 Å². The van der Waals surface area contributed by atoms with Crippen molar-refractivity contribution in [2.24, 2.45) is 5.92 Å². The summed E-state index contributed by atoms with van der Waals surface area (Å²) in [6, 6.07) is 5.61. The van der Waals surface area contributed by atoms with Gasteiger partial charge in [0.05, 0.1) is 4.90 Å². The molecule has 0 unspecified atom stereocenters. The second-order valence-electron chi connectivity index (χ2n) is 5.95. The van der Waals surface area contributed by atoms with Gasteiger partial charge in [0.25, 0.3) is 6.43 Å². The lowest BCUT2D eigenvalue weighted by atomic mass is 10.1. The van der Waals surface area contributed by atoms with E-state index in [1.165, 1.54) is 28.6 Å². The molecule has 23 heavy (non-hydrogen) atoms. The van der Waals surface area contributed by atoms with Crippen LogP contribution >= 0.6 is 0 Å². The smallest absolute Gasteiger partial charge is 0.272 e. The Hall–Kier alpha value is -1.25.